The van der Waals surface area contributed by atoms with Crippen molar-refractivity contribution in [2.75, 3.05) is 6.54 Å². The van der Waals surface area contributed by atoms with Gasteiger partial charge in [-0.15, -0.1) is 0 Å². The Morgan fingerprint density at radius 2 is 2.43 bits per heavy atom. The average molecular weight is 99.1 g/mol. The topological polar surface area (TPSA) is 46.5 Å². The van der Waals surface area contributed by atoms with Crippen LogP contribution in [0.3, 0.4) is 0 Å². The average Bonchev–Trinajstić information content (AvgIpc) is 1.68. The highest BCUT2D eigenvalue weighted by molar-refractivity contribution is 5.90. The molecule has 0 fully saturated rings. The Labute approximate surface area is 41.0 Å². The van der Waals surface area contributed by atoms with Crippen molar-refractivity contribution in [3.63, 3.8) is 0 Å². The number of nitroso groups, excluding NO2 is 1. The second kappa shape index (κ2) is 3.21. The predicted octanol–water partition coefficient (Wildman–Crippen LogP) is 0.508. The molecule has 0 atom stereocenters. The number of hydrogen-bond donors (Lipinski definition) is 0. The first-order valence-corrected chi connectivity index (χ1v) is 1.75. The first-order valence-electron chi connectivity index (χ1n) is 1.75. The van der Waals surface area contributed by atoms with Crippen LogP contribution in [0.5, 0.6) is 0 Å². The zero-order valence-corrected chi connectivity index (χ0v) is 3.76. The third-order valence-electron chi connectivity index (χ3n) is 0.448. The maximum Gasteiger partial charge on any atom is 0.180 e. The van der Waals surface area contributed by atoms with Crippen molar-refractivity contribution >= 4 is 5.78 Å². The summed E-state index contributed by atoms with van der Waals surface area (Å²) in [4.78, 5) is 19.3. The third kappa shape index (κ3) is 2.82. The molecule has 3 nitrogen and oxygen atoms in total. The van der Waals surface area contributed by atoms with E-state index in [1.807, 2.05) is 0 Å². The van der Waals surface area contributed by atoms with Crippen molar-refractivity contribution in [2.24, 2.45) is 5.18 Å². The van der Waals surface area contributed by atoms with E-state index < -0.39 is 0 Å². The van der Waals surface area contributed by atoms with Crippen LogP contribution < -0.4 is 0 Å². The Morgan fingerprint density at radius 1 is 1.86 bits per heavy atom. The van der Waals surface area contributed by atoms with Crippen molar-refractivity contribution in [2.45, 2.75) is 0 Å². The first-order chi connectivity index (χ1) is 3.31. The number of hydrogen-bond acceptors (Lipinski definition) is 3. The molecule has 0 bridgehead atoms. The van der Waals surface area contributed by atoms with Crippen LogP contribution in [0.4, 0.5) is 0 Å². The van der Waals surface area contributed by atoms with E-state index in [-0.39, 0.29) is 12.3 Å². The number of ketones is 1. The van der Waals surface area contributed by atoms with Crippen LogP contribution in [0.25, 0.3) is 0 Å². The molecular weight excluding hydrogens is 94.0 g/mol. The Bertz CT molecular complexity index is 97.9. The molecule has 0 aliphatic carbocycles. The van der Waals surface area contributed by atoms with Gasteiger partial charge in [-0.3, -0.25) is 4.79 Å². The zero-order chi connectivity index (χ0) is 5.70. The molecule has 0 rings (SSSR count). The lowest BCUT2D eigenvalue weighted by atomic mass is 10.4. The van der Waals surface area contributed by atoms with Crippen molar-refractivity contribution < 1.29 is 4.79 Å². The van der Waals surface area contributed by atoms with Crippen molar-refractivity contribution in [3.05, 3.63) is 17.6 Å². The minimum Gasteiger partial charge on any atom is -0.293 e. The molecule has 0 aromatic carbocycles. The van der Waals surface area contributed by atoms with Crippen LogP contribution in [0.1, 0.15) is 0 Å². The van der Waals surface area contributed by atoms with Crippen molar-refractivity contribution in [1.82, 2.24) is 0 Å². The quantitative estimate of drug-likeness (QED) is 0.382. The molecule has 0 spiro atoms. The van der Waals surface area contributed by atoms with Gasteiger partial charge >= 0.3 is 0 Å². The number of rotatable bonds is 3. The van der Waals surface area contributed by atoms with E-state index in [2.05, 4.69) is 11.8 Å². The number of carbonyl (C=O) groups is 1. The van der Waals surface area contributed by atoms with Crippen LogP contribution in [0.2, 0.25) is 0 Å². The smallest absolute Gasteiger partial charge is 0.180 e. The Balaban J connectivity index is 3.36. The number of carbonyl (C=O) groups excluding carboxylic acids is 1. The summed E-state index contributed by atoms with van der Waals surface area (Å²) in [5.41, 5.74) is 0. The van der Waals surface area contributed by atoms with Crippen LogP contribution >= 0.6 is 0 Å². The minimum absolute atomic E-state index is 0.288. The molecular formula is C4H5NO2. The summed E-state index contributed by atoms with van der Waals surface area (Å²) < 4.78 is 0. The highest BCUT2D eigenvalue weighted by Crippen LogP contribution is 1.71. The Kier molecular flexibility index (Phi) is 2.76. The van der Waals surface area contributed by atoms with Crippen LogP contribution in [-0.4, -0.2) is 12.3 Å². The van der Waals surface area contributed by atoms with Gasteiger partial charge in [-0.25, -0.2) is 0 Å². The van der Waals surface area contributed by atoms with Crippen LogP contribution in [0.15, 0.2) is 17.8 Å². The van der Waals surface area contributed by atoms with E-state index in [0.717, 1.165) is 6.08 Å². The lowest BCUT2D eigenvalue weighted by Crippen LogP contribution is -1.93. The van der Waals surface area contributed by atoms with Gasteiger partial charge in [0.15, 0.2) is 5.78 Å². The molecule has 0 aliphatic heterocycles. The van der Waals surface area contributed by atoms with Gasteiger partial charge in [0, 0.05) is 0 Å². The minimum atomic E-state index is -0.338. The monoisotopic (exact) mass is 99.0 g/mol. The number of nitrogens with zero attached hydrogens (tertiary/aromatic N) is 1. The second-order valence-electron chi connectivity index (χ2n) is 0.958. The van der Waals surface area contributed by atoms with Gasteiger partial charge in [0.1, 0.15) is 6.54 Å². The van der Waals surface area contributed by atoms with E-state index in [9.17, 15) is 9.70 Å². The summed E-state index contributed by atoms with van der Waals surface area (Å²) in [6.07, 6.45) is 1.07. The molecule has 0 radical (unpaired) electrons. The van der Waals surface area contributed by atoms with Crippen LogP contribution in [-0.2, 0) is 4.79 Å². The molecule has 0 N–H and O–H groups in total. The lowest BCUT2D eigenvalue weighted by Gasteiger charge is -1.74. The summed E-state index contributed by atoms with van der Waals surface area (Å²) in [5.74, 6) is -0.338. The Hall–Kier alpha value is -0.990. The fourth-order valence-corrected chi connectivity index (χ4v) is 0.128. The van der Waals surface area contributed by atoms with E-state index >= 15 is 0 Å². The van der Waals surface area contributed by atoms with Gasteiger partial charge in [-0.05, 0) is 6.08 Å². The molecule has 0 saturated carbocycles. The van der Waals surface area contributed by atoms with Gasteiger partial charge in [0.2, 0.25) is 0 Å². The fourth-order valence-electron chi connectivity index (χ4n) is 0.128. The normalized spacial score (nSPS) is 7.43. The van der Waals surface area contributed by atoms with Gasteiger partial charge in [0.25, 0.3) is 0 Å². The van der Waals surface area contributed by atoms with Crippen molar-refractivity contribution in [3.8, 4) is 0 Å². The zero-order valence-electron chi connectivity index (χ0n) is 3.76. The lowest BCUT2D eigenvalue weighted by molar-refractivity contribution is -0.113. The molecule has 0 unspecified atom stereocenters. The SMILES string of the molecule is C=CC(=O)CN=O. The molecule has 0 heterocycles. The van der Waals surface area contributed by atoms with Crippen molar-refractivity contribution in [1.29, 1.82) is 0 Å². The molecule has 0 amide bonds. The molecule has 3 heteroatoms. The largest absolute Gasteiger partial charge is 0.293 e. The standard InChI is InChI=1S/C4H5NO2/c1-2-4(6)3-5-7/h2H,1,3H2. The van der Waals surface area contributed by atoms with E-state index in [4.69, 9.17) is 0 Å². The fraction of sp³-hybridized carbons (Fsp3) is 0.250. The summed E-state index contributed by atoms with van der Waals surface area (Å²) in [7, 11) is 0. The first kappa shape index (κ1) is 6.01. The molecule has 0 aliphatic rings. The molecule has 0 aromatic heterocycles. The maximum absolute atomic E-state index is 10.0. The predicted molar refractivity (Wildman–Crippen MR) is 25.9 cm³/mol. The summed E-state index contributed by atoms with van der Waals surface area (Å²) in [6.45, 7) is 2.84. The molecule has 7 heavy (non-hydrogen) atoms. The van der Waals surface area contributed by atoms with E-state index in [1.54, 1.807) is 0 Å². The second-order valence-corrected chi connectivity index (χ2v) is 0.958. The van der Waals surface area contributed by atoms with Gasteiger partial charge in [-0.2, -0.15) is 4.91 Å². The summed E-state index contributed by atoms with van der Waals surface area (Å²) >= 11 is 0. The highest BCUT2D eigenvalue weighted by atomic mass is 16.3. The van der Waals surface area contributed by atoms with E-state index in [1.165, 1.54) is 0 Å². The van der Waals surface area contributed by atoms with Crippen LogP contribution in [0, 0.1) is 4.91 Å². The summed E-state index contributed by atoms with van der Waals surface area (Å²) in [5, 5.41) is 2.34. The highest BCUT2D eigenvalue weighted by Gasteiger charge is 1.89. The molecule has 38 valence electrons. The Morgan fingerprint density at radius 3 is 2.57 bits per heavy atom. The molecule has 0 aromatic rings. The molecule has 0 saturated heterocycles. The van der Waals surface area contributed by atoms with Gasteiger partial charge in [0.05, 0.1) is 0 Å². The maximum atomic E-state index is 10.0. The van der Waals surface area contributed by atoms with Gasteiger partial charge in [-0.1, -0.05) is 11.8 Å². The van der Waals surface area contributed by atoms with Gasteiger partial charge < -0.3 is 0 Å². The summed E-state index contributed by atoms with van der Waals surface area (Å²) in [6, 6.07) is 0. The van der Waals surface area contributed by atoms with E-state index in [0.29, 0.717) is 0 Å². The third-order valence-corrected chi connectivity index (χ3v) is 0.448.